The van der Waals surface area contributed by atoms with Crippen molar-refractivity contribution in [2.45, 2.75) is 19.1 Å². The number of benzene rings is 3. The number of carbonyl (C=O) groups is 2. The Kier molecular flexibility index (Phi) is 4.71. The Morgan fingerprint density at radius 1 is 0.875 bits per heavy atom. The van der Waals surface area contributed by atoms with Gasteiger partial charge in [-0.05, 0) is 30.7 Å². The second kappa shape index (κ2) is 7.58. The van der Waals surface area contributed by atoms with Crippen molar-refractivity contribution in [1.29, 1.82) is 0 Å². The Morgan fingerprint density at radius 2 is 1.56 bits per heavy atom. The Balaban J connectivity index is 1.60. The minimum absolute atomic E-state index is 0.102. The van der Waals surface area contributed by atoms with E-state index < -0.39 is 28.9 Å². The molecule has 3 atom stereocenters. The number of para-hydroxylation sites is 1. The van der Waals surface area contributed by atoms with Crippen LogP contribution < -0.4 is 9.96 Å². The number of nitro groups is 1. The van der Waals surface area contributed by atoms with Gasteiger partial charge >= 0.3 is 0 Å². The average Bonchev–Trinajstić information content (AvgIpc) is 3.31. The molecule has 0 radical (unpaired) electrons. The van der Waals surface area contributed by atoms with Gasteiger partial charge in [0.25, 0.3) is 11.6 Å². The summed E-state index contributed by atoms with van der Waals surface area (Å²) < 4.78 is 0. The number of nitro benzene ring substituents is 1. The highest BCUT2D eigenvalue weighted by molar-refractivity contribution is 6.23. The molecule has 32 heavy (non-hydrogen) atoms. The first-order chi connectivity index (χ1) is 15.5. The highest BCUT2D eigenvalue weighted by Crippen LogP contribution is 2.47. The summed E-state index contributed by atoms with van der Waals surface area (Å²) in [4.78, 5) is 44.7. The molecule has 2 aliphatic rings. The molecule has 0 N–H and O–H groups in total. The molecule has 8 nitrogen and oxygen atoms in total. The SMILES string of the molecule is Cc1ccc([C@@H]2[C@@H]3C(=O)N(c4ccccc4)C(=O)[C@H]3ON2c2cccc([N+](=O)[O-])c2)cc1. The van der Waals surface area contributed by atoms with Crippen LogP contribution in [0.2, 0.25) is 0 Å². The van der Waals surface area contributed by atoms with E-state index in [9.17, 15) is 19.7 Å². The van der Waals surface area contributed by atoms with Gasteiger partial charge in [0.15, 0.2) is 6.10 Å². The van der Waals surface area contributed by atoms with Gasteiger partial charge in [0.05, 0.1) is 22.3 Å². The van der Waals surface area contributed by atoms with E-state index >= 15 is 0 Å². The van der Waals surface area contributed by atoms with Crippen LogP contribution in [0, 0.1) is 23.0 Å². The van der Waals surface area contributed by atoms with Crippen molar-refractivity contribution in [2.24, 2.45) is 5.92 Å². The zero-order valence-electron chi connectivity index (χ0n) is 17.1. The molecule has 8 heteroatoms. The zero-order valence-corrected chi connectivity index (χ0v) is 17.1. The van der Waals surface area contributed by atoms with Gasteiger partial charge in [-0.2, -0.15) is 0 Å². The maximum absolute atomic E-state index is 13.5. The molecule has 2 saturated heterocycles. The predicted octanol–water partition coefficient (Wildman–Crippen LogP) is 3.95. The number of aryl methyl sites for hydroxylation is 1. The third-order valence-corrected chi connectivity index (χ3v) is 5.84. The van der Waals surface area contributed by atoms with Crippen molar-refractivity contribution in [3.05, 3.63) is 100 Å². The van der Waals surface area contributed by atoms with E-state index in [0.717, 1.165) is 11.1 Å². The highest BCUT2D eigenvalue weighted by Gasteiger charge is 2.60. The zero-order chi connectivity index (χ0) is 22.4. The Labute approximate surface area is 183 Å². The fourth-order valence-electron chi connectivity index (χ4n) is 4.32. The third-order valence-electron chi connectivity index (χ3n) is 5.84. The molecule has 2 aliphatic heterocycles. The van der Waals surface area contributed by atoms with Gasteiger partial charge < -0.3 is 0 Å². The standard InChI is InChI=1S/C24H19N3O5/c1-15-10-12-16(13-11-15)21-20-22(24(29)25(23(20)28)17-6-3-2-4-7-17)32-26(21)18-8-5-9-19(14-18)27(30)31/h2-14,20-22H,1H3/t20-,21+,22-/m0/s1. The average molecular weight is 429 g/mol. The lowest BCUT2D eigenvalue weighted by Crippen LogP contribution is -2.37. The maximum atomic E-state index is 13.5. The molecular weight excluding hydrogens is 410 g/mol. The van der Waals surface area contributed by atoms with E-state index in [-0.39, 0.29) is 11.6 Å². The summed E-state index contributed by atoms with van der Waals surface area (Å²) >= 11 is 0. The quantitative estimate of drug-likeness (QED) is 0.354. The van der Waals surface area contributed by atoms with E-state index in [1.54, 1.807) is 36.4 Å². The van der Waals surface area contributed by atoms with Crippen LogP contribution in [0.4, 0.5) is 17.1 Å². The van der Waals surface area contributed by atoms with Gasteiger partial charge in [-0.3, -0.25) is 24.5 Å². The summed E-state index contributed by atoms with van der Waals surface area (Å²) in [6.07, 6.45) is -1.02. The molecule has 0 unspecified atom stereocenters. The molecular formula is C24H19N3O5. The summed E-state index contributed by atoms with van der Waals surface area (Å²) in [5.41, 5.74) is 2.63. The molecule has 0 aliphatic carbocycles. The number of hydrogen-bond donors (Lipinski definition) is 0. The predicted molar refractivity (Wildman–Crippen MR) is 117 cm³/mol. The number of amides is 2. The van der Waals surface area contributed by atoms with Crippen LogP contribution in [0.25, 0.3) is 0 Å². The van der Waals surface area contributed by atoms with Gasteiger partial charge in [0, 0.05) is 12.1 Å². The van der Waals surface area contributed by atoms with Crippen molar-refractivity contribution < 1.29 is 19.3 Å². The van der Waals surface area contributed by atoms with E-state index in [1.165, 1.54) is 22.1 Å². The van der Waals surface area contributed by atoms with Crippen molar-refractivity contribution in [3.8, 4) is 0 Å². The molecule has 2 amide bonds. The smallest absolute Gasteiger partial charge is 0.271 e. The monoisotopic (exact) mass is 429 g/mol. The van der Waals surface area contributed by atoms with Crippen molar-refractivity contribution in [1.82, 2.24) is 0 Å². The minimum Gasteiger partial charge on any atom is -0.273 e. The number of nitrogens with zero attached hydrogens (tertiary/aromatic N) is 3. The van der Waals surface area contributed by atoms with Gasteiger partial charge in [-0.1, -0.05) is 54.1 Å². The molecule has 2 fully saturated rings. The number of rotatable bonds is 4. The minimum atomic E-state index is -1.02. The number of carbonyl (C=O) groups excluding carboxylic acids is 2. The van der Waals surface area contributed by atoms with Crippen LogP contribution in [-0.2, 0) is 14.4 Å². The Bertz CT molecular complexity index is 1210. The number of imide groups is 1. The molecule has 5 rings (SSSR count). The molecule has 0 spiro atoms. The summed E-state index contributed by atoms with van der Waals surface area (Å²) in [6, 6.07) is 21.7. The maximum Gasteiger partial charge on any atom is 0.271 e. The fraction of sp³-hybridized carbons (Fsp3) is 0.167. The molecule has 2 heterocycles. The van der Waals surface area contributed by atoms with E-state index in [0.29, 0.717) is 11.4 Å². The van der Waals surface area contributed by atoms with Gasteiger partial charge in [-0.15, -0.1) is 0 Å². The Hall–Kier alpha value is -4.04. The van der Waals surface area contributed by atoms with Crippen LogP contribution in [0.5, 0.6) is 0 Å². The highest BCUT2D eigenvalue weighted by atomic mass is 16.7. The van der Waals surface area contributed by atoms with E-state index in [4.69, 9.17) is 4.84 Å². The molecule has 0 bridgehead atoms. The first-order valence-corrected chi connectivity index (χ1v) is 10.2. The molecule has 160 valence electrons. The van der Waals surface area contributed by atoms with Crippen molar-refractivity contribution in [2.75, 3.05) is 9.96 Å². The van der Waals surface area contributed by atoms with Crippen LogP contribution in [0.1, 0.15) is 17.2 Å². The Morgan fingerprint density at radius 3 is 2.25 bits per heavy atom. The lowest BCUT2D eigenvalue weighted by molar-refractivity contribution is -0.384. The second-order valence-corrected chi connectivity index (χ2v) is 7.86. The van der Waals surface area contributed by atoms with Gasteiger partial charge in [0.1, 0.15) is 5.92 Å². The van der Waals surface area contributed by atoms with Crippen molar-refractivity contribution in [3.63, 3.8) is 0 Å². The summed E-state index contributed by atoms with van der Waals surface area (Å²) in [6.45, 7) is 1.96. The number of hydrogen-bond acceptors (Lipinski definition) is 6. The first-order valence-electron chi connectivity index (χ1n) is 10.2. The normalized spacial score (nSPS) is 22.3. The molecule has 0 aromatic heterocycles. The number of non-ortho nitro benzene ring substituents is 1. The number of anilines is 2. The summed E-state index contributed by atoms with van der Waals surface area (Å²) in [7, 11) is 0. The molecule has 0 saturated carbocycles. The second-order valence-electron chi connectivity index (χ2n) is 7.86. The van der Waals surface area contributed by atoms with Crippen molar-refractivity contribution >= 4 is 28.9 Å². The van der Waals surface area contributed by atoms with Crippen LogP contribution in [0.3, 0.4) is 0 Å². The number of fused-ring (bicyclic) bond motifs is 1. The summed E-state index contributed by atoms with van der Waals surface area (Å²) in [5.74, 6) is -1.59. The summed E-state index contributed by atoms with van der Waals surface area (Å²) in [5, 5.41) is 12.8. The van der Waals surface area contributed by atoms with Gasteiger partial charge in [-0.25, -0.2) is 9.96 Å². The fourth-order valence-corrected chi connectivity index (χ4v) is 4.32. The third kappa shape index (κ3) is 3.12. The molecule has 3 aromatic carbocycles. The lowest BCUT2D eigenvalue weighted by atomic mass is 9.90. The van der Waals surface area contributed by atoms with E-state index in [2.05, 4.69) is 0 Å². The largest absolute Gasteiger partial charge is 0.273 e. The topological polar surface area (TPSA) is 93.0 Å². The number of hydroxylamine groups is 1. The van der Waals surface area contributed by atoms with Crippen LogP contribution in [0.15, 0.2) is 78.9 Å². The molecule has 3 aromatic rings. The van der Waals surface area contributed by atoms with Crippen LogP contribution >= 0.6 is 0 Å². The van der Waals surface area contributed by atoms with E-state index in [1.807, 2.05) is 37.3 Å². The van der Waals surface area contributed by atoms with Gasteiger partial charge in [0.2, 0.25) is 5.91 Å². The van der Waals surface area contributed by atoms with Crippen LogP contribution in [-0.4, -0.2) is 22.8 Å². The lowest BCUT2D eigenvalue weighted by Gasteiger charge is -2.28. The first kappa shape index (κ1) is 19.9.